The second-order valence-electron chi connectivity index (χ2n) is 8.89. The van der Waals surface area contributed by atoms with Gasteiger partial charge in [-0.05, 0) is 61.0 Å². The molecule has 0 saturated heterocycles. The highest BCUT2D eigenvalue weighted by atomic mass is 16.5. The van der Waals surface area contributed by atoms with Gasteiger partial charge >= 0.3 is 0 Å². The molecule has 0 spiro atoms. The van der Waals surface area contributed by atoms with Gasteiger partial charge in [-0.15, -0.1) is 0 Å². The SMILES string of the molecule is CO[C@H]1C[C@@H]2CC(O)(O)C=C[C@]2(C)C2=C1[C@@H]1CCC[C@@]1(C)CC2. The molecule has 128 valence electrons. The average Bonchev–Trinajstić information content (AvgIpc) is 2.89. The highest BCUT2D eigenvalue weighted by molar-refractivity contribution is 5.40. The fourth-order valence-electron chi connectivity index (χ4n) is 6.20. The lowest BCUT2D eigenvalue weighted by Gasteiger charge is -2.54. The quantitative estimate of drug-likeness (QED) is 0.574. The Hall–Kier alpha value is -0.640. The summed E-state index contributed by atoms with van der Waals surface area (Å²) in [7, 11) is 1.82. The van der Waals surface area contributed by atoms with Crippen LogP contribution in [0.5, 0.6) is 0 Å². The summed E-state index contributed by atoms with van der Waals surface area (Å²) in [5.74, 6) is -0.744. The minimum atomic E-state index is -1.66. The van der Waals surface area contributed by atoms with Gasteiger partial charge < -0.3 is 14.9 Å². The highest BCUT2D eigenvalue weighted by Crippen LogP contribution is 2.63. The maximum Gasteiger partial charge on any atom is 0.182 e. The first-order chi connectivity index (χ1) is 10.8. The van der Waals surface area contributed by atoms with Crippen molar-refractivity contribution in [2.75, 3.05) is 7.11 Å². The van der Waals surface area contributed by atoms with Crippen LogP contribution in [0.25, 0.3) is 0 Å². The molecular formula is C20H30O3. The van der Waals surface area contributed by atoms with Crippen molar-refractivity contribution < 1.29 is 14.9 Å². The van der Waals surface area contributed by atoms with Gasteiger partial charge in [-0.1, -0.05) is 31.9 Å². The Morgan fingerprint density at radius 2 is 1.96 bits per heavy atom. The van der Waals surface area contributed by atoms with E-state index in [0.717, 1.165) is 12.8 Å². The Labute approximate surface area is 139 Å². The lowest BCUT2D eigenvalue weighted by atomic mass is 9.52. The second kappa shape index (κ2) is 4.93. The van der Waals surface area contributed by atoms with Gasteiger partial charge in [0.2, 0.25) is 0 Å². The highest BCUT2D eigenvalue weighted by Gasteiger charge is 2.55. The van der Waals surface area contributed by atoms with E-state index in [4.69, 9.17) is 4.74 Å². The zero-order valence-electron chi connectivity index (χ0n) is 14.6. The van der Waals surface area contributed by atoms with Gasteiger partial charge in [0, 0.05) is 18.9 Å². The first-order valence-corrected chi connectivity index (χ1v) is 9.20. The molecule has 1 fully saturated rings. The van der Waals surface area contributed by atoms with Crippen LogP contribution in [0.2, 0.25) is 0 Å². The van der Waals surface area contributed by atoms with E-state index in [1.165, 1.54) is 25.7 Å². The van der Waals surface area contributed by atoms with Crippen LogP contribution in [-0.4, -0.2) is 29.2 Å². The molecule has 1 saturated carbocycles. The Kier molecular flexibility index (Phi) is 3.40. The Morgan fingerprint density at radius 3 is 2.70 bits per heavy atom. The molecule has 0 unspecified atom stereocenters. The van der Waals surface area contributed by atoms with Crippen molar-refractivity contribution in [1.29, 1.82) is 0 Å². The second-order valence-corrected chi connectivity index (χ2v) is 8.89. The summed E-state index contributed by atoms with van der Waals surface area (Å²) in [5, 5.41) is 20.2. The summed E-state index contributed by atoms with van der Waals surface area (Å²) in [4.78, 5) is 0. The van der Waals surface area contributed by atoms with Crippen LogP contribution in [0.1, 0.15) is 58.8 Å². The molecule has 0 bridgehead atoms. The number of methoxy groups -OCH3 is 1. The summed E-state index contributed by atoms with van der Waals surface area (Å²) in [5.41, 5.74) is 3.56. The fourth-order valence-corrected chi connectivity index (χ4v) is 6.20. The van der Waals surface area contributed by atoms with Crippen molar-refractivity contribution in [3.63, 3.8) is 0 Å². The summed E-state index contributed by atoms with van der Waals surface area (Å²) >= 11 is 0. The van der Waals surface area contributed by atoms with Crippen LogP contribution in [0.4, 0.5) is 0 Å². The molecule has 0 aliphatic heterocycles. The molecule has 0 radical (unpaired) electrons. The van der Waals surface area contributed by atoms with Crippen LogP contribution >= 0.6 is 0 Å². The smallest absolute Gasteiger partial charge is 0.182 e. The molecule has 2 N–H and O–H groups in total. The van der Waals surface area contributed by atoms with Gasteiger partial charge in [0.05, 0.1) is 6.10 Å². The van der Waals surface area contributed by atoms with Crippen LogP contribution in [0.15, 0.2) is 23.3 Å². The average molecular weight is 318 g/mol. The summed E-state index contributed by atoms with van der Waals surface area (Å²) in [6.45, 7) is 4.78. The Bertz CT molecular complexity index is 575. The molecule has 4 rings (SSSR count). The van der Waals surface area contributed by atoms with Gasteiger partial charge in [0.15, 0.2) is 5.79 Å². The number of hydrogen-bond acceptors (Lipinski definition) is 3. The minimum Gasteiger partial charge on any atom is -0.377 e. The largest absolute Gasteiger partial charge is 0.377 e. The van der Waals surface area contributed by atoms with Crippen molar-refractivity contribution >= 4 is 0 Å². The molecule has 4 aliphatic rings. The van der Waals surface area contributed by atoms with Gasteiger partial charge in [0.25, 0.3) is 0 Å². The van der Waals surface area contributed by atoms with E-state index >= 15 is 0 Å². The molecule has 0 amide bonds. The third kappa shape index (κ3) is 2.20. The van der Waals surface area contributed by atoms with Crippen molar-refractivity contribution in [3.8, 4) is 0 Å². The molecule has 0 aromatic heterocycles. The number of fused-ring (bicyclic) bond motifs is 4. The number of hydrogen-bond donors (Lipinski definition) is 2. The maximum absolute atomic E-state index is 10.1. The van der Waals surface area contributed by atoms with Crippen molar-refractivity contribution in [2.24, 2.45) is 22.7 Å². The number of rotatable bonds is 1. The van der Waals surface area contributed by atoms with Crippen molar-refractivity contribution in [1.82, 2.24) is 0 Å². The van der Waals surface area contributed by atoms with Crippen LogP contribution < -0.4 is 0 Å². The van der Waals surface area contributed by atoms with Crippen LogP contribution in [-0.2, 0) is 4.74 Å². The number of aliphatic hydroxyl groups is 2. The molecule has 4 aliphatic carbocycles. The van der Waals surface area contributed by atoms with E-state index in [9.17, 15) is 10.2 Å². The number of ether oxygens (including phenoxy) is 1. The summed E-state index contributed by atoms with van der Waals surface area (Å²) < 4.78 is 5.93. The first kappa shape index (κ1) is 15.9. The normalized spacial score (nSPS) is 48.0. The molecular weight excluding hydrogens is 288 g/mol. The van der Waals surface area contributed by atoms with Crippen LogP contribution in [0.3, 0.4) is 0 Å². The topological polar surface area (TPSA) is 49.7 Å². The summed E-state index contributed by atoms with van der Waals surface area (Å²) in [6.07, 6.45) is 11.6. The third-order valence-electron chi connectivity index (χ3n) is 7.62. The van der Waals surface area contributed by atoms with Gasteiger partial charge in [-0.3, -0.25) is 0 Å². The van der Waals surface area contributed by atoms with E-state index in [-0.39, 0.29) is 17.4 Å². The van der Waals surface area contributed by atoms with E-state index in [1.807, 2.05) is 7.11 Å². The molecule has 23 heavy (non-hydrogen) atoms. The van der Waals surface area contributed by atoms with Gasteiger partial charge in [-0.2, -0.15) is 0 Å². The fraction of sp³-hybridized carbons (Fsp3) is 0.800. The maximum atomic E-state index is 10.1. The van der Waals surface area contributed by atoms with E-state index in [2.05, 4.69) is 19.9 Å². The Morgan fingerprint density at radius 1 is 1.17 bits per heavy atom. The lowest BCUT2D eigenvalue weighted by Crippen LogP contribution is -2.49. The lowest BCUT2D eigenvalue weighted by molar-refractivity contribution is -0.149. The first-order valence-electron chi connectivity index (χ1n) is 9.20. The molecule has 0 aromatic carbocycles. The standard InChI is InChI=1S/C20H30O3/c1-18-7-4-5-14(18)17-15(6-8-18)19(2)9-10-20(21,22)12-13(19)11-16(17)23-3/h9-10,13-14,16,21-22H,4-8,11-12H2,1-3H3/t13-,14+,16+,18+,19+/m1/s1. The molecule has 3 nitrogen and oxygen atoms in total. The predicted molar refractivity (Wildman–Crippen MR) is 89.6 cm³/mol. The third-order valence-corrected chi connectivity index (χ3v) is 7.62. The number of allylic oxidation sites excluding steroid dienone is 2. The monoisotopic (exact) mass is 318 g/mol. The predicted octanol–water partition coefficient (Wildman–Crippen LogP) is 3.57. The molecule has 3 heteroatoms. The van der Waals surface area contributed by atoms with E-state index < -0.39 is 5.79 Å². The van der Waals surface area contributed by atoms with Gasteiger partial charge in [0.1, 0.15) is 0 Å². The van der Waals surface area contributed by atoms with E-state index in [0.29, 0.717) is 17.8 Å². The molecule has 0 aromatic rings. The van der Waals surface area contributed by atoms with Crippen molar-refractivity contribution in [2.45, 2.75) is 70.7 Å². The zero-order valence-corrected chi connectivity index (χ0v) is 14.6. The minimum absolute atomic E-state index is 0.0246. The molecule has 5 atom stereocenters. The van der Waals surface area contributed by atoms with E-state index in [1.54, 1.807) is 17.2 Å². The molecule has 0 heterocycles. The zero-order chi connectivity index (χ0) is 16.5. The van der Waals surface area contributed by atoms with Crippen molar-refractivity contribution in [3.05, 3.63) is 23.3 Å². The Balaban J connectivity index is 1.84. The van der Waals surface area contributed by atoms with Gasteiger partial charge in [-0.25, -0.2) is 0 Å². The summed E-state index contributed by atoms with van der Waals surface area (Å²) in [6, 6.07) is 0. The van der Waals surface area contributed by atoms with Crippen LogP contribution in [0, 0.1) is 22.7 Å².